The summed E-state index contributed by atoms with van der Waals surface area (Å²) in [6, 6.07) is 27.0. The third-order valence-corrected chi connectivity index (χ3v) is 6.32. The predicted octanol–water partition coefficient (Wildman–Crippen LogP) is 4.45. The first-order chi connectivity index (χ1) is 15.1. The minimum absolute atomic E-state index is 0.0442. The van der Waals surface area contributed by atoms with E-state index >= 15 is 0 Å². The van der Waals surface area contributed by atoms with Gasteiger partial charge in [0.1, 0.15) is 11.5 Å². The van der Waals surface area contributed by atoms with Gasteiger partial charge in [-0.15, -0.1) is 0 Å². The van der Waals surface area contributed by atoms with Gasteiger partial charge in [0.25, 0.3) is 0 Å². The van der Waals surface area contributed by atoms with Crippen LogP contribution in [-0.4, -0.2) is 20.4 Å². The molecule has 0 saturated heterocycles. The molecule has 0 aromatic heterocycles. The zero-order chi connectivity index (χ0) is 21.6. The van der Waals surface area contributed by atoms with Gasteiger partial charge < -0.3 is 20.4 Å². The van der Waals surface area contributed by atoms with Crippen LogP contribution in [0.2, 0.25) is 0 Å². The first-order valence-corrected chi connectivity index (χ1v) is 10.2. The number of fused-ring (bicyclic) bond motifs is 3. The molecular weight excluding hydrogens is 388 g/mol. The van der Waals surface area contributed by atoms with Gasteiger partial charge >= 0.3 is 0 Å². The summed E-state index contributed by atoms with van der Waals surface area (Å²) in [6.07, 6.45) is 0. The normalized spacial score (nSPS) is 13.6. The Morgan fingerprint density at radius 2 is 0.968 bits per heavy atom. The molecule has 0 heterocycles. The molecule has 31 heavy (non-hydrogen) atoms. The molecule has 0 unspecified atom stereocenters. The zero-order valence-electron chi connectivity index (χ0n) is 16.8. The monoisotopic (exact) mass is 410 g/mol. The van der Waals surface area contributed by atoms with E-state index in [1.165, 1.54) is 0 Å². The number of rotatable bonds is 4. The molecule has 1 aliphatic carbocycles. The molecule has 0 atom stereocenters. The van der Waals surface area contributed by atoms with Gasteiger partial charge in [0, 0.05) is 11.1 Å². The van der Waals surface area contributed by atoms with Crippen molar-refractivity contribution in [2.45, 2.75) is 18.6 Å². The van der Waals surface area contributed by atoms with Crippen LogP contribution in [0.5, 0.6) is 11.5 Å². The standard InChI is InChI=1S/C27H22O4/c28-15-17-13-19(9-11-25(17)30)27(20-10-12-26(31)18(14-20)16-29)23-7-3-1-5-21(23)22-6-2-4-8-24(22)27/h1-14,28-31H,15-16H2. The molecule has 4 heteroatoms. The van der Waals surface area contributed by atoms with Gasteiger partial charge in [0.05, 0.1) is 18.6 Å². The molecule has 4 aromatic rings. The van der Waals surface area contributed by atoms with Crippen LogP contribution < -0.4 is 0 Å². The summed E-state index contributed by atoms with van der Waals surface area (Å²) in [4.78, 5) is 0. The van der Waals surface area contributed by atoms with E-state index in [4.69, 9.17) is 0 Å². The van der Waals surface area contributed by atoms with Gasteiger partial charge in [0.2, 0.25) is 0 Å². The third-order valence-electron chi connectivity index (χ3n) is 6.32. The van der Waals surface area contributed by atoms with Crippen molar-refractivity contribution in [2.24, 2.45) is 0 Å². The average Bonchev–Trinajstić information content (AvgIpc) is 3.11. The highest BCUT2D eigenvalue weighted by molar-refractivity contribution is 5.86. The Hall–Kier alpha value is -3.60. The van der Waals surface area contributed by atoms with E-state index in [-0.39, 0.29) is 24.7 Å². The van der Waals surface area contributed by atoms with Crippen LogP contribution in [0.15, 0.2) is 84.9 Å². The number of aliphatic hydroxyl groups excluding tert-OH is 2. The summed E-state index contributed by atoms with van der Waals surface area (Å²) in [7, 11) is 0. The van der Waals surface area contributed by atoms with Crippen molar-refractivity contribution < 1.29 is 20.4 Å². The second-order valence-corrected chi connectivity index (χ2v) is 7.84. The minimum Gasteiger partial charge on any atom is -0.508 e. The molecule has 4 nitrogen and oxygen atoms in total. The van der Waals surface area contributed by atoms with E-state index in [1.54, 1.807) is 12.1 Å². The number of benzene rings is 4. The van der Waals surface area contributed by atoms with Crippen LogP contribution in [0, 0.1) is 0 Å². The summed E-state index contributed by atoms with van der Waals surface area (Å²) >= 11 is 0. The van der Waals surface area contributed by atoms with Crippen molar-refractivity contribution in [3.8, 4) is 22.6 Å². The van der Waals surface area contributed by atoms with E-state index in [0.717, 1.165) is 33.4 Å². The van der Waals surface area contributed by atoms with Crippen molar-refractivity contribution in [1.29, 1.82) is 0 Å². The molecule has 4 aromatic carbocycles. The molecule has 0 spiro atoms. The lowest BCUT2D eigenvalue weighted by molar-refractivity contribution is 0.275. The van der Waals surface area contributed by atoms with Crippen LogP contribution in [-0.2, 0) is 18.6 Å². The maximum absolute atomic E-state index is 10.2. The van der Waals surface area contributed by atoms with E-state index in [1.807, 2.05) is 48.5 Å². The smallest absolute Gasteiger partial charge is 0.121 e. The Balaban J connectivity index is 1.95. The molecule has 5 rings (SSSR count). The second kappa shape index (κ2) is 7.27. The molecule has 0 saturated carbocycles. The highest BCUT2D eigenvalue weighted by Gasteiger charge is 2.46. The Bertz CT molecular complexity index is 1190. The summed E-state index contributed by atoms with van der Waals surface area (Å²) in [5.74, 6) is 0.0884. The van der Waals surface area contributed by atoms with Gasteiger partial charge in [-0.25, -0.2) is 0 Å². The van der Waals surface area contributed by atoms with Gasteiger partial charge in [-0.05, 0) is 57.6 Å². The van der Waals surface area contributed by atoms with Crippen LogP contribution in [0.3, 0.4) is 0 Å². The fourth-order valence-corrected chi connectivity index (χ4v) is 4.91. The lowest BCUT2D eigenvalue weighted by atomic mass is 9.67. The molecule has 0 fully saturated rings. The van der Waals surface area contributed by atoms with Gasteiger partial charge in [-0.1, -0.05) is 60.7 Å². The Labute approximate surface area is 180 Å². The minimum atomic E-state index is -0.734. The quantitative estimate of drug-likeness (QED) is 0.353. The number of phenols is 2. The summed E-state index contributed by atoms with van der Waals surface area (Å²) in [5, 5.41) is 40.1. The Morgan fingerprint density at radius 1 is 0.548 bits per heavy atom. The van der Waals surface area contributed by atoms with E-state index in [2.05, 4.69) is 24.3 Å². The largest absolute Gasteiger partial charge is 0.508 e. The van der Waals surface area contributed by atoms with Crippen molar-refractivity contribution in [3.05, 3.63) is 118 Å². The van der Waals surface area contributed by atoms with Crippen LogP contribution in [0.4, 0.5) is 0 Å². The molecule has 4 N–H and O–H groups in total. The van der Waals surface area contributed by atoms with Crippen LogP contribution in [0.1, 0.15) is 33.4 Å². The van der Waals surface area contributed by atoms with Gasteiger partial charge in [-0.2, -0.15) is 0 Å². The lowest BCUT2D eigenvalue weighted by Gasteiger charge is -2.34. The highest BCUT2D eigenvalue weighted by atomic mass is 16.3. The molecule has 0 aliphatic heterocycles. The second-order valence-electron chi connectivity index (χ2n) is 7.84. The number of aliphatic hydroxyl groups is 2. The average molecular weight is 410 g/mol. The van der Waals surface area contributed by atoms with Crippen molar-refractivity contribution in [2.75, 3.05) is 0 Å². The number of aromatic hydroxyl groups is 2. The first kappa shape index (κ1) is 19.4. The topological polar surface area (TPSA) is 80.9 Å². The van der Waals surface area contributed by atoms with E-state index < -0.39 is 5.41 Å². The first-order valence-electron chi connectivity index (χ1n) is 10.2. The molecular formula is C27H22O4. The van der Waals surface area contributed by atoms with Gasteiger partial charge in [-0.3, -0.25) is 0 Å². The Kier molecular flexibility index (Phi) is 4.54. The molecule has 0 bridgehead atoms. The van der Waals surface area contributed by atoms with Crippen molar-refractivity contribution in [1.82, 2.24) is 0 Å². The fraction of sp³-hybridized carbons (Fsp3) is 0.111. The summed E-state index contributed by atoms with van der Waals surface area (Å²) < 4.78 is 0. The molecule has 1 aliphatic rings. The van der Waals surface area contributed by atoms with E-state index in [0.29, 0.717) is 11.1 Å². The van der Waals surface area contributed by atoms with Crippen LogP contribution >= 0.6 is 0 Å². The Morgan fingerprint density at radius 3 is 1.39 bits per heavy atom. The van der Waals surface area contributed by atoms with Crippen LogP contribution in [0.25, 0.3) is 11.1 Å². The maximum Gasteiger partial charge on any atom is 0.121 e. The highest BCUT2D eigenvalue weighted by Crippen LogP contribution is 2.56. The summed E-state index contributed by atoms with van der Waals surface area (Å²) in [5.41, 5.74) is 6.29. The fourth-order valence-electron chi connectivity index (χ4n) is 4.91. The molecule has 0 radical (unpaired) electrons. The van der Waals surface area contributed by atoms with Gasteiger partial charge in [0.15, 0.2) is 0 Å². The third kappa shape index (κ3) is 2.69. The number of hydrogen-bond donors (Lipinski definition) is 4. The van der Waals surface area contributed by atoms with Crippen molar-refractivity contribution >= 4 is 0 Å². The zero-order valence-corrected chi connectivity index (χ0v) is 16.8. The number of hydrogen-bond acceptors (Lipinski definition) is 4. The SMILES string of the molecule is OCc1cc(C2(c3ccc(O)c(CO)c3)c3ccccc3-c3ccccc32)ccc1O. The molecule has 154 valence electrons. The lowest BCUT2D eigenvalue weighted by Crippen LogP contribution is -2.29. The summed E-state index contributed by atoms with van der Waals surface area (Å²) in [6.45, 7) is -0.562. The predicted molar refractivity (Wildman–Crippen MR) is 119 cm³/mol. The molecule has 0 amide bonds. The van der Waals surface area contributed by atoms with Crippen molar-refractivity contribution in [3.63, 3.8) is 0 Å². The maximum atomic E-state index is 10.2. The van der Waals surface area contributed by atoms with E-state index in [9.17, 15) is 20.4 Å².